The van der Waals surface area contributed by atoms with E-state index in [4.69, 9.17) is 5.11 Å². The second kappa shape index (κ2) is 6.64. The molecule has 0 heterocycles. The Kier molecular flexibility index (Phi) is 5.17. The second-order valence-corrected chi connectivity index (χ2v) is 3.89. The predicted octanol–water partition coefficient (Wildman–Crippen LogP) is 1.76. The predicted molar refractivity (Wildman–Crippen MR) is 61.6 cm³/mol. The van der Waals surface area contributed by atoms with Gasteiger partial charge < -0.3 is 5.11 Å². The standard InChI is InChI=1S/C13H13FO4/c14-11-7-2-1-4-9(11)5-3-6-10(15)8-12(16)13(17)18/h1-2,4,7H,3,5-6,8H2,(H,17,18). The molecule has 0 amide bonds. The number of benzene rings is 1. The number of ketones is 2. The molecule has 96 valence electrons. The zero-order chi connectivity index (χ0) is 13.5. The van der Waals surface area contributed by atoms with Gasteiger partial charge in [-0.1, -0.05) is 18.2 Å². The van der Waals surface area contributed by atoms with E-state index in [9.17, 15) is 18.8 Å². The Hall–Kier alpha value is -2.04. The van der Waals surface area contributed by atoms with Crippen molar-refractivity contribution in [3.05, 3.63) is 35.6 Å². The summed E-state index contributed by atoms with van der Waals surface area (Å²) in [6.07, 6.45) is 0.270. The molecule has 0 bridgehead atoms. The number of carboxylic acids is 1. The maximum absolute atomic E-state index is 13.2. The molecule has 0 aliphatic heterocycles. The third kappa shape index (κ3) is 4.45. The summed E-state index contributed by atoms with van der Waals surface area (Å²) in [4.78, 5) is 32.2. The number of carbonyl (C=O) groups excluding carboxylic acids is 2. The summed E-state index contributed by atoms with van der Waals surface area (Å²) in [5, 5.41) is 8.32. The zero-order valence-electron chi connectivity index (χ0n) is 9.69. The Morgan fingerprint density at radius 3 is 2.44 bits per heavy atom. The van der Waals surface area contributed by atoms with Crippen molar-refractivity contribution in [1.82, 2.24) is 0 Å². The van der Waals surface area contributed by atoms with E-state index in [0.29, 0.717) is 18.4 Å². The lowest BCUT2D eigenvalue weighted by Gasteiger charge is -2.02. The molecule has 5 heteroatoms. The molecule has 1 N–H and O–H groups in total. The van der Waals surface area contributed by atoms with Crippen LogP contribution >= 0.6 is 0 Å². The lowest BCUT2D eigenvalue weighted by atomic mass is 10.0. The van der Waals surface area contributed by atoms with Crippen molar-refractivity contribution >= 4 is 17.5 Å². The van der Waals surface area contributed by atoms with Gasteiger partial charge in [-0.05, 0) is 24.5 Å². The van der Waals surface area contributed by atoms with E-state index < -0.39 is 24.0 Å². The summed E-state index contributed by atoms with van der Waals surface area (Å²) in [6.45, 7) is 0. The first-order valence-corrected chi connectivity index (χ1v) is 5.52. The minimum absolute atomic E-state index is 0.0767. The monoisotopic (exact) mass is 252 g/mol. The first kappa shape index (κ1) is 14.0. The van der Waals surface area contributed by atoms with Crippen molar-refractivity contribution in [2.75, 3.05) is 0 Å². The fraction of sp³-hybridized carbons (Fsp3) is 0.308. The number of Topliss-reactive ketones (excluding diaryl/α,β-unsaturated/α-hetero) is 2. The molecule has 0 aliphatic carbocycles. The topological polar surface area (TPSA) is 71.4 Å². The van der Waals surface area contributed by atoms with Crippen LogP contribution < -0.4 is 0 Å². The normalized spacial score (nSPS) is 10.1. The van der Waals surface area contributed by atoms with Gasteiger partial charge in [0.05, 0.1) is 6.42 Å². The largest absolute Gasteiger partial charge is 0.475 e. The molecule has 1 rings (SSSR count). The summed E-state index contributed by atoms with van der Waals surface area (Å²) in [6, 6.07) is 6.25. The Morgan fingerprint density at radius 2 is 1.83 bits per heavy atom. The first-order chi connectivity index (χ1) is 8.50. The molecule has 0 spiro atoms. The molecule has 0 unspecified atom stereocenters. The van der Waals surface area contributed by atoms with Crippen molar-refractivity contribution in [3.8, 4) is 0 Å². The van der Waals surface area contributed by atoms with Crippen LogP contribution in [0.3, 0.4) is 0 Å². The molecule has 1 aromatic carbocycles. The SMILES string of the molecule is O=C(CCCc1ccccc1F)CC(=O)C(=O)O. The molecule has 4 nitrogen and oxygen atoms in total. The zero-order valence-corrected chi connectivity index (χ0v) is 9.69. The smallest absolute Gasteiger partial charge is 0.372 e. The quantitative estimate of drug-likeness (QED) is 0.593. The Labute approximate surface area is 103 Å². The molecule has 0 saturated heterocycles. The van der Waals surface area contributed by atoms with E-state index in [0.717, 1.165) is 0 Å². The number of aryl methyl sites for hydroxylation is 1. The number of aliphatic carboxylic acids is 1. The summed E-state index contributed by atoms with van der Waals surface area (Å²) < 4.78 is 13.2. The summed E-state index contributed by atoms with van der Waals surface area (Å²) in [7, 11) is 0. The highest BCUT2D eigenvalue weighted by molar-refractivity contribution is 6.36. The van der Waals surface area contributed by atoms with E-state index in [-0.39, 0.29) is 12.2 Å². The van der Waals surface area contributed by atoms with E-state index >= 15 is 0 Å². The van der Waals surface area contributed by atoms with Gasteiger partial charge in [0.15, 0.2) is 0 Å². The van der Waals surface area contributed by atoms with Crippen molar-refractivity contribution in [3.63, 3.8) is 0 Å². The number of carbonyl (C=O) groups is 3. The van der Waals surface area contributed by atoms with E-state index in [1.54, 1.807) is 18.2 Å². The molecular formula is C13H13FO4. The van der Waals surface area contributed by atoms with Gasteiger partial charge in [-0.3, -0.25) is 9.59 Å². The molecule has 18 heavy (non-hydrogen) atoms. The van der Waals surface area contributed by atoms with Gasteiger partial charge in [0, 0.05) is 6.42 Å². The van der Waals surface area contributed by atoms with E-state index in [1.165, 1.54) is 6.07 Å². The third-order valence-corrected chi connectivity index (χ3v) is 2.46. The molecule has 0 aliphatic rings. The van der Waals surface area contributed by atoms with Crippen molar-refractivity contribution in [2.45, 2.75) is 25.7 Å². The van der Waals surface area contributed by atoms with Crippen LogP contribution in [-0.2, 0) is 20.8 Å². The van der Waals surface area contributed by atoms with Gasteiger partial charge in [0.25, 0.3) is 0 Å². The lowest BCUT2D eigenvalue weighted by molar-refractivity contribution is -0.150. The maximum Gasteiger partial charge on any atom is 0.372 e. The Balaban J connectivity index is 2.34. The van der Waals surface area contributed by atoms with E-state index in [2.05, 4.69) is 0 Å². The average molecular weight is 252 g/mol. The van der Waals surface area contributed by atoms with Crippen molar-refractivity contribution in [1.29, 1.82) is 0 Å². The highest BCUT2D eigenvalue weighted by atomic mass is 19.1. The van der Waals surface area contributed by atoms with Crippen LogP contribution in [0.1, 0.15) is 24.8 Å². The summed E-state index contributed by atoms with van der Waals surface area (Å²) >= 11 is 0. The van der Waals surface area contributed by atoms with Crippen LogP contribution in [0.4, 0.5) is 4.39 Å². The third-order valence-electron chi connectivity index (χ3n) is 2.46. The Bertz CT molecular complexity index is 468. The van der Waals surface area contributed by atoms with Crippen LogP contribution in [0.25, 0.3) is 0 Å². The summed E-state index contributed by atoms with van der Waals surface area (Å²) in [5.74, 6) is -3.46. The number of halogens is 1. The number of carboxylic acid groups (broad SMARTS) is 1. The van der Waals surface area contributed by atoms with Crippen LogP contribution in [0.5, 0.6) is 0 Å². The number of hydrogen-bond acceptors (Lipinski definition) is 3. The van der Waals surface area contributed by atoms with Gasteiger partial charge in [-0.15, -0.1) is 0 Å². The van der Waals surface area contributed by atoms with Crippen LogP contribution in [0, 0.1) is 5.82 Å². The Morgan fingerprint density at radius 1 is 1.17 bits per heavy atom. The molecule has 1 aromatic rings. The molecular weight excluding hydrogens is 239 g/mol. The summed E-state index contributed by atoms with van der Waals surface area (Å²) in [5.41, 5.74) is 0.509. The van der Waals surface area contributed by atoms with Crippen LogP contribution in [0.2, 0.25) is 0 Å². The number of rotatable bonds is 7. The van der Waals surface area contributed by atoms with Crippen molar-refractivity contribution < 1.29 is 23.9 Å². The molecule has 0 saturated carbocycles. The van der Waals surface area contributed by atoms with Gasteiger partial charge in [0.1, 0.15) is 11.6 Å². The average Bonchev–Trinajstić information content (AvgIpc) is 2.31. The number of hydrogen-bond donors (Lipinski definition) is 1. The molecule has 0 aromatic heterocycles. The van der Waals surface area contributed by atoms with Crippen LogP contribution in [-0.4, -0.2) is 22.6 Å². The fourth-order valence-corrected chi connectivity index (χ4v) is 1.52. The molecule has 0 atom stereocenters. The fourth-order valence-electron chi connectivity index (χ4n) is 1.52. The van der Waals surface area contributed by atoms with Gasteiger partial charge in [-0.2, -0.15) is 0 Å². The van der Waals surface area contributed by atoms with Gasteiger partial charge in [0.2, 0.25) is 5.78 Å². The second-order valence-electron chi connectivity index (χ2n) is 3.89. The molecule has 0 radical (unpaired) electrons. The molecule has 0 fully saturated rings. The van der Waals surface area contributed by atoms with Gasteiger partial charge in [-0.25, -0.2) is 9.18 Å². The minimum Gasteiger partial charge on any atom is -0.475 e. The maximum atomic E-state index is 13.2. The van der Waals surface area contributed by atoms with Gasteiger partial charge >= 0.3 is 5.97 Å². The van der Waals surface area contributed by atoms with E-state index in [1.807, 2.05) is 0 Å². The van der Waals surface area contributed by atoms with Crippen LogP contribution in [0.15, 0.2) is 24.3 Å². The minimum atomic E-state index is -1.60. The highest BCUT2D eigenvalue weighted by Crippen LogP contribution is 2.10. The van der Waals surface area contributed by atoms with Crippen molar-refractivity contribution in [2.24, 2.45) is 0 Å². The highest BCUT2D eigenvalue weighted by Gasteiger charge is 2.16. The lowest BCUT2D eigenvalue weighted by Crippen LogP contribution is -2.17. The first-order valence-electron chi connectivity index (χ1n) is 5.52.